The van der Waals surface area contributed by atoms with Gasteiger partial charge in [-0.3, -0.25) is 4.79 Å². The van der Waals surface area contributed by atoms with E-state index in [2.05, 4.69) is 28.4 Å². The van der Waals surface area contributed by atoms with Gasteiger partial charge in [-0.15, -0.1) is 0 Å². The Balaban J connectivity index is 1.03. The van der Waals surface area contributed by atoms with Crippen LogP contribution in [0.15, 0.2) is 48.5 Å². The molecule has 3 fully saturated rings. The number of nitrogens with one attached hydrogen (secondary N) is 1. The number of aliphatic hydroxyl groups is 1. The number of nitrogens with zero attached hydrogens (tertiary/aromatic N) is 1. The zero-order valence-corrected chi connectivity index (χ0v) is 17.8. The van der Waals surface area contributed by atoms with E-state index in [1.54, 1.807) is 0 Å². The van der Waals surface area contributed by atoms with E-state index in [-0.39, 0.29) is 17.9 Å². The Morgan fingerprint density at radius 2 is 1.90 bits per heavy atom. The first kappa shape index (κ1) is 19.3. The standard InChI is InChI=1S/C26H30N2O3/c29-25(26(30,20-7-8-20)19-4-2-1-3-5-19)27-24-21-15-28(16-22(21)24)12-10-17-6-9-23-18(14-17)11-13-31-23/h1-6,9,14,20-22,24,30H,7-8,10-13,15-16H2,(H,27,29)/t21-,22+,24?,26?. The largest absolute Gasteiger partial charge is 0.493 e. The second-order valence-corrected chi connectivity index (χ2v) is 9.78. The van der Waals surface area contributed by atoms with Gasteiger partial charge in [-0.25, -0.2) is 0 Å². The molecule has 2 heterocycles. The highest BCUT2D eigenvalue weighted by Crippen LogP contribution is 2.49. The first-order valence-electron chi connectivity index (χ1n) is 11.7. The minimum Gasteiger partial charge on any atom is -0.493 e. The first-order valence-corrected chi connectivity index (χ1v) is 11.7. The summed E-state index contributed by atoms with van der Waals surface area (Å²) in [6.07, 6.45) is 3.91. The molecule has 162 valence electrons. The van der Waals surface area contributed by atoms with Gasteiger partial charge in [0, 0.05) is 38.0 Å². The van der Waals surface area contributed by atoms with Crippen molar-refractivity contribution in [1.82, 2.24) is 10.2 Å². The molecule has 5 nitrogen and oxygen atoms in total. The molecule has 2 aromatic carbocycles. The highest BCUT2D eigenvalue weighted by molar-refractivity contribution is 5.87. The predicted octanol–water partition coefficient (Wildman–Crippen LogP) is 2.51. The number of hydrogen-bond donors (Lipinski definition) is 2. The summed E-state index contributed by atoms with van der Waals surface area (Å²) >= 11 is 0. The van der Waals surface area contributed by atoms with Crippen molar-refractivity contribution in [2.24, 2.45) is 17.8 Å². The number of amides is 1. The molecule has 2 unspecified atom stereocenters. The van der Waals surface area contributed by atoms with E-state index in [9.17, 15) is 9.90 Å². The van der Waals surface area contributed by atoms with Gasteiger partial charge < -0.3 is 20.1 Å². The molecule has 2 aliphatic heterocycles. The van der Waals surface area contributed by atoms with Gasteiger partial charge in [0.05, 0.1) is 6.61 Å². The third-order valence-electron chi connectivity index (χ3n) is 7.77. The van der Waals surface area contributed by atoms with Crippen LogP contribution in [0.25, 0.3) is 0 Å². The van der Waals surface area contributed by atoms with Crippen molar-refractivity contribution in [1.29, 1.82) is 0 Å². The van der Waals surface area contributed by atoms with E-state index >= 15 is 0 Å². The van der Waals surface area contributed by atoms with Crippen molar-refractivity contribution in [3.05, 3.63) is 65.2 Å². The Labute approximate surface area is 183 Å². The van der Waals surface area contributed by atoms with Gasteiger partial charge >= 0.3 is 0 Å². The Hall–Kier alpha value is -2.37. The number of carbonyl (C=O) groups is 1. The summed E-state index contributed by atoms with van der Waals surface area (Å²) in [5.41, 5.74) is 2.06. The molecule has 31 heavy (non-hydrogen) atoms. The Morgan fingerprint density at radius 3 is 2.65 bits per heavy atom. The van der Waals surface area contributed by atoms with E-state index < -0.39 is 5.60 Å². The van der Waals surface area contributed by atoms with Crippen molar-refractivity contribution in [3.8, 4) is 5.75 Å². The van der Waals surface area contributed by atoms with Gasteiger partial charge in [-0.1, -0.05) is 42.5 Å². The van der Waals surface area contributed by atoms with Crippen LogP contribution in [0.3, 0.4) is 0 Å². The third-order valence-corrected chi connectivity index (χ3v) is 7.77. The molecule has 0 aromatic heterocycles. The lowest BCUT2D eigenvalue weighted by molar-refractivity contribution is -0.143. The van der Waals surface area contributed by atoms with Crippen molar-refractivity contribution >= 4 is 5.91 Å². The molecule has 2 N–H and O–H groups in total. The van der Waals surface area contributed by atoms with E-state index in [1.807, 2.05) is 30.3 Å². The summed E-state index contributed by atoms with van der Waals surface area (Å²) < 4.78 is 5.60. The average Bonchev–Trinajstić information content (AvgIpc) is 3.64. The molecule has 0 bridgehead atoms. The lowest BCUT2D eigenvalue weighted by atomic mass is 9.87. The van der Waals surface area contributed by atoms with E-state index in [4.69, 9.17) is 4.74 Å². The summed E-state index contributed by atoms with van der Waals surface area (Å²) in [5, 5.41) is 14.5. The third kappa shape index (κ3) is 3.44. The molecular formula is C26H30N2O3. The molecule has 0 spiro atoms. The average molecular weight is 419 g/mol. The van der Waals surface area contributed by atoms with Crippen molar-refractivity contribution in [2.45, 2.75) is 37.3 Å². The zero-order valence-electron chi connectivity index (χ0n) is 17.8. The van der Waals surface area contributed by atoms with Crippen LogP contribution in [0.5, 0.6) is 5.75 Å². The van der Waals surface area contributed by atoms with Crippen LogP contribution in [-0.2, 0) is 23.2 Å². The minimum absolute atomic E-state index is 0.0442. The molecule has 4 atom stereocenters. The zero-order chi connectivity index (χ0) is 21.0. The van der Waals surface area contributed by atoms with Gasteiger partial charge in [0.25, 0.3) is 5.91 Å². The van der Waals surface area contributed by atoms with Crippen molar-refractivity contribution < 1.29 is 14.6 Å². The quantitative estimate of drug-likeness (QED) is 0.725. The van der Waals surface area contributed by atoms with Crippen LogP contribution >= 0.6 is 0 Å². The molecule has 1 amide bonds. The van der Waals surface area contributed by atoms with Gasteiger partial charge in [0.1, 0.15) is 5.75 Å². The van der Waals surface area contributed by atoms with Crippen LogP contribution in [0, 0.1) is 17.8 Å². The fourth-order valence-electron chi connectivity index (χ4n) is 5.70. The van der Waals surface area contributed by atoms with Gasteiger partial charge in [-0.2, -0.15) is 0 Å². The Kier molecular flexibility index (Phi) is 4.58. The molecule has 2 saturated carbocycles. The van der Waals surface area contributed by atoms with Crippen LogP contribution in [-0.4, -0.2) is 48.2 Å². The number of benzene rings is 2. The lowest BCUT2D eigenvalue weighted by Gasteiger charge is -2.28. The summed E-state index contributed by atoms with van der Waals surface area (Å²) in [4.78, 5) is 15.6. The highest BCUT2D eigenvalue weighted by atomic mass is 16.5. The van der Waals surface area contributed by atoms with E-state index in [0.717, 1.165) is 63.2 Å². The Morgan fingerprint density at radius 1 is 1.13 bits per heavy atom. The molecule has 1 saturated heterocycles. The SMILES string of the molecule is O=C(NC1[C@H]2CN(CCc3ccc4c(c3)CCO4)C[C@@H]12)C(O)(c1ccccc1)C1CC1. The molecule has 5 heteroatoms. The maximum absolute atomic E-state index is 13.1. The smallest absolute Gasteiger partial charge is 0.257 e. The van der Waals surface area contributed by atoms with Crippen molar-refractivity contribution in [3.63, 3.8) is 0 Å². The summed E-state index contributed by atoms with van der Waals surface area (Å²) in [6, 6.07) is 16.3. The normalized spacial score (nSPS) is 28.4. The van der Waals surface area contributed by atoms with Gasteiger partial charge in [-0.05, 0) is 53.9 Å². The van der Waals surface area contributed by atoms with Crippen LogP contribution in [0.1, 0.15) is 29.5 Å². The second-order valence-electron chi connectivity index (χ2n) is 9.78. The number of likely N-dealkylation sites (tertiary alicyclic amines) is 1. The highest BCUT2D eigenvalue weighted by Gasteiger charge is 2.59. The topological polar surface area (TPSA) is 61.8 Å². The van der Waals surface area contributed by atoms with E-state index in [1.165, 1.54) is 11.1 Å². The second kappa shape index (κ2) is 7.35. The van der Waals surface area contributed by atoms with Crippen molar-refractivity contribution in [2.75, 3.05) is 26.2 Å². The van der Waals surface area contributed by atoms with Gasteiger partial charge in [0.15, 0.2) is 5.60 Å². The number of carbonyl (C=O) groups excluding carboxylic acids is 1. The summed E-state index contributed by atoms with van der Waals surface area (Å²) in [5.74, 6) is 1.94. The number of rotatable bonds is 7. The lowest BCUT2D eigenvalue weighted by Crippen LogP contribution is -2.48. The predicted molar refractivity (Wildman–Crippen MR) is 118 cm³/mol. The van der Waals surface area contributed by atoms with Crippen LogP contribution in [0.4, 0.5) is 0 Å². The fraction of sp³-hybridized carbons (Fsp3) is 0.500. The Bertz CT molecular complexity index is 977. The molecule has 2 aromatic rings. The molecular weight excluding hydrogens is 388 g/mol. The maximum Gasteiger partial charge on any atom is 0.257 e. The number of hydrogen-bond acceptors (Lipinski definition) is 4. The number of ether oxygens (including phenoxy) is 1. The molecule has 2 aliphatic carbocycles. The van der Waals surface area contributed by atoms with E-state index in [0.29, 0.717) is 11.8 Å². The minimum atomic E-state index is -1.38. The fourth-order valence-corrected chi connectivity index (χ4v) is 5.70. The molecule has 6 rings (SSSR count). The maximum atomic E-state index is 13.1. The molecule has 0 radical (unpaired) electrons. The molecule has 4 aliphatic rings. The summed E-state index contributed by atoms with van der Waals surface area (Å²) in [7, 11) is 0. The monoisotopic (exact) mass is 418 g/mol. The number of piperidine rings is 1. The van der Waals surface area contributed by atoms with Gasteiger partial charge in [0.2, 0.25) is 0 Å². The summed E-state index contributed by atoms with van der Waals surface area (Å²) in [6.45, 7) is 3.94. The first-order chi connectivity index (χ1) is 15.1. The van der Waals surface area contributed by atoms with Crippen LogP contribution in [0.2, 0.25) is 0 Å². The van der Waals surface area contributed by atoms with Crippen LogP contribution < -0.4 is 10.1 Å². The number of fused-ring (bicyclic) bond motifs is 2.